The molecule has 1 aliphatic rings. The molecule has 0 radical (unpaired) electrons. The molecule has 9 heteroatoms. The lowest BCUT2D eigenvalue weighted by Crippen LogP contribution is -2.60. The van der Waals surface area contributed by atoms with E-state index in [2.05, 4.69) is 67.8 Å². The number of hydrogen-bond donors (Lipinski definition) is 6. The maximum Gasteiger partial charge on any atom is 0.220 e. The van der Waals surface area contributed by atoms with Gasteiger partial charge in [-0.1, -0.05) is 313 Å². The molecule has 1 amide bonds. The van der Waals surface area contributed by atoms with Crippen molar-refractivity contribution >= 4 is 5.91 Å². The average Bonchev–Trinajstić information content (AvgIpc) is 3.43. The monoisotopic (exact) mass is 1090 g/mol. The summed E-state index contributed by atoms with van der Waals surface area (Å²) in [4.78, 5) is 13.1. The fourth-order valence-electron chi connectivity index (χ4n) is 10.7. The van der Waals surface area contributed by atoms with Crippen LogP contribution in [0.5, 0.6) is 0 Å². The van der Waals surface area contributed by atoms with Crippen molar-refractivity contribution < 1.29 is 39.8 Å². The molecule has 452 valence electrons. The van der Waals surface area contributed by atoms with Gasteiger partial charge in [-0.05, 0) is 51.4 Å². The third-order valence-corrected chi connectivity index (χ3v) is 15.9. The molecule has 0 aromatic rings. The number of ether oxygens (including phenoxy) is 2. The van der Waals surface area contributed by atoms with E-state index in [0.717, 1.165) is 64.2 Å². The number of allylic oxidation sites excluding steroid dienone is 8. The van der Waals surface area contributed by atoms with Gasteiger partial charge in [0.05, 0.1) is 25.4 Å². The summed E-state index contributed by atoms with van der Waals surface area (Å²) in [7, 11) is 0. The highest BCUT2D eigenvalue weighted by Crippen LogP contribution is 2.24. The molecule has 7 unspecified atom stereocenters. The molecular formula is C68H127NO8. The van der Waals surface area contributed by atoms with Gasteiger partial charge in [-0.25, -0.2) is 0 Å². The summed E-state index contributed by atoms with van der Waals surface area (Å²) in [6.45, 7) is 3.76. The van der Waals surface area contributed by atoms with Gasteiger partial charge in [0.1, 0.15) is 24.4 Å². The number of aliphatic hydroxyl groups excluding tert-OH is 5. The van der Waals surface area contributed by atoms with Gasteiger partial charge in [0.2, 0.25) is 5.91 Å². The third-order valence-electron chi connectivity index (χ3n) is 15.9. The van der Waals surface area contributed by atoms with Crippen LogP contribution in [0.3, 0.4) is 0 Å². The van der Waals surface area contributed by atoms with Crippen LogP contribution in [0.1, 0.15) is 322 Å². The van der Waals surface area contributed by atoms with Gasteiger partial charge in [0.15, 0.2) is 6.29 Å². The number of amides is 1. The van der Waals surface area contributed by atoms with Gasteiger partial charge in [0, 0.05) is 6.42 Å². The summed E-state index contributed by atoms with van der Waals surface area (Å²) >= 11 is 0. The Kier molecular flexibility index (Phi) is 54.5. The fraction of sp³-hybridized carbons (Fsp3) is 0.868. The van der Waals surface area contributed by atoms with Crippen LogP contribution in [0, 0.1) is 0 Å². The Morgan fingerprint density at radius 1 is 0.455 bits per heavy atom. The van der Waals surface area contributed by atoms with E-state index in [-0.39, 0.29) is 12.5 Å². The molecule has 6 N–H and O–H groups in total. The Labute approximate surface area is 475 Å². The lowest BCUT2D eigenvalue weighted by molar-refractivity contribution is -0.302. The highest BCUT2D eigenvalue weighted by molar-refractivity contribution is 5.76. The SMILES string of the molecule is CC/C=C\C/C=C\C/C=C\C/C=C\CCCCCCCCCCCCCCCCCCCCCCCCCCC(=O)NC(COC1OC(CO)C(O)C(O)C1O)C(O)CCCCCCCCCCCCCCCCCCC. The smallest absolute Gasteiger partial charge is 0.220 e. The van der Waals surface area contributed by atoms with Crippen molar-refractivity contribution in [1.82, 2.24) is 5.32 Å². The second-order valence-electron chi connectivity index (χ2n) is 23.2. The second kappa shape index (κ2) is 57.4. The van der Waals surface area contributed by atoms with Crippen molar-refractivity contribution in [3.8, 4) is 0 Å². The minimum atomic E-state index is -1.55. The van der Waals surface area contributed by atoms with Gasteiger partial charge in [0.25, 0.3) is 0 Å². The normalized spacial score (nSPS) is 19.0. The summed E-state index contributed by atoms with van der Waals surface area (Å²) in [6.07, 6.45) is 70.3. The molecule has 77 heavy (non-hydrogen) atoms. The number of unbranched alkanes of at least 4 members (excludes halogenated alkanes) is 40. The molecule has 1 fully saturated rings. The molecule has 1 aliphatic heterocycles. The van der Waals surface area contributed by atoms with Crippen molar-refractivity contribution in [2.45, 2.75) is 365 Å². The summed E-state index contributed by atoms with van der Waals surface area (Å²) in [6, 6.07) is -0.717. The van der Waals surface area contributed by atoms with E-state index in [1.807, 2.05) is 0 Å². The fourth-order valence-corrected chi connectivity index (χ4v) is 10.7. The van der Waals surface area contributed by atoms with E-state index in [0.29, 0.717) is 12.8 Å². The van der Waals surface area contributed by atoms with Crippen molar-refractivity contribution in [3.63, 3.8) is 0 Å². The van der Waals surface area contributed by atoms with Crippen molar-refractivity contribution in [2.75, 3.05) is 13.2 Å². The number of hydrogen-bond acceptors (Lipinski definition) is 8. The Morgan fingerprint density at radius 2 is 0.805 bits per heavy atom. The zero-order valence-electron chi connectivity index (χ0n) is 50.5. The standard InChI is InChI=1S/C68H127NO8/c1-3-5-7-9-11-13-15-17-19-21-22-23-24-25-26-27-28-29-30-31-32-33-34-35-36-37-38-39-40-42-44-46-48-50-52-54-56-58-64(72)69-61(60-76-68-67(75)66(74)65(73)63(59-70)77-68)62(71)57-55-53-51-49-47-45-43-41-20-18-16-14-12-10-8-6-4-2/h5,7,11,13,17,19,22-23,61-63,65-68,70-71,73-75H,3-4,6,8-10,12,14-16,18,20-21,24-60H2,1-2H3,(H,69,72)/b7-5-,13-11-,19-17-,23-22-. The first-order chi connectivity index (χ1) is 37.8. The zero-order valence-corrected chi connectivity index (χ0v) is 50.5. The van der Waals surface area contributed by atoms with Crippen LogP contribution < -0.4 is 5.32 Å². The molecule has 0 aromatic heterocycles. The first-order valence-corrected chi connectivity index (χ1v) is 33.3. The molecule has 0 aliphatic carbocycles. The van der Waals surface area contributed by atoms with Gasteiger partial charge >= 0.3 is 0 Å². The van der Waals surface area contributed by atoms with Crippen LogP contribution in [-0.2, 0) is 14.3 Å². The van der Waals surface area contributed by atoms with Gasteiger partial charge in [-0.2, -0.15) is 0 Å². The van der Waals surface area contributed by atoms with Crippen LogP contribution in [0.4, 0.5) is 0 Å². The minimum Gasteiger partial charge on any atom is -0.394 e. The lowest BCUT2D eigenvalue weighted by atomic mass is 9.99. The minimum absolute atomic E-state index is 0.134. The van der Waals surface area contributed by atoms with Crippen LogP contribution in [0.2, 0.25) is 0 Å². The molecule has 9 nitrogen and oxygen atoms in total. The topological polar surface area (TPSA) is 149 Å². The molecule has 1 heterocycles. The maximum atomic E-state index is 13.1. The predicted molar refractivity (Wildman–Crippen MR) is 327 cm³/mol. The van der Waals surface area contributed by atoms with Crippen LogP contribution >= 0.6 is 0 Å². The summed E-state index contributed by atoms with van der Waals surface area (Å²) < 4.78 is 11.3. The first kappa shape index (κ1) is 73.2. The molecule has 0 spiro atoms. The molecule has 0 aromatic carbocycles. The van der Waals surface area contributed by atoms with Crippen LogP contribution in [0.15, 0.2) is 48.6 Å². The Hall–Kier alpha value is -1.85. The molecule has 1 rings (SSSR count). The predicted octanol–water partition coefficient (Wildman–Crippen LogP) is 17.6. The molecule has 0 saturated carbocycles. The van der Waals surface area contributed by atoms with Gasteiger partial charge in [-0.3, -0.25) is 4.79 Å². The third kappa shape index (κ3) is 46.5. The summed E-state index contributed by atoms with van der Waals surface area (Å²) in [5, 5.41) is 54.8. The van der Waals surface area contributed by atoms with Gasteiger partial charge < -0.3 is 40.3 Å². The molecule has 1 saturated heterocycles. The van der Waals surface area contributed by atoms with Crippen LogP contribution in [-0.4, -0.2) is 87.5 Å². The summed E-state index contributed by atoms with van der Waals surface area (Å²) in [5.41, 5.74) is 0. The number of nitrogens with one attached hydrogen (secondary N) is 1. The average molecular weight is 1090 g/mol. The van der Waals surface area contributed by atoms with E-state index in [4.69, 9.17) is 9.47 Å². The Morgan fingerprint density at radius 3 is 1.19 bits per heavy atom. The second-order valence-corrected chi connectivity index (χ2v) is 23.2. The molecule has 7 atom stereocenters. The number of rotatable bonds is 58. The quantitative estimate of drug-likeness (QED) is 0.0261. The van der Waals surface area contributed by atoms with E-state index in [9.17, 15) is 30.3 Å². The highest BCUT2D eigenvalue weighted by Gasteiger charge is 2.44. The van der Waals surface area contributed by atoms with Crippen molar-refractivity contribution in [2.24, 2.45) is 0 Å². The van der Waals surface area contributed by atoms with E-state index in [1.54, 1.807) is 0 Å². The Balaban J connectivity index is 2.05. The number of carbonyl (C=O) groups is 1. The number of carbonyl (C=O) groups excluding carboxylic acids is 1. The first-order valence-electron chi connectivity index (χ1n) is 33.3. The number of aliphatic hydroxyl groups is 5. The lowest BCUT2D eigenvalue weighted by Gasteiger charge is -2.40. The summed E-state index contributed by atoms with van der Waals surface area (Å²) in [5.74, 6) is -0.138. The Bertz CT molecular complexity index is 1350. The maximum absolute atomic E-state index is 13.1. The van der Waals surface area contributed by atoms with Crippen molar-refractivity contribution in [1.29, 1.82) is 0 Å². The van der Waals surface area contributed by atoms with E-state index >= 15 is 0 Å². The highest BCUT2D eigenvalue weighted by atomic mass is 16.7. The van der Waals surface area contributed by atoms with Crippen molar-refractivity contribution in [3.05, 3.63) is 48.6 Å². The molecule has 0 bridgehead atoms. The van der Waals surface area contributed by atoms with E-state index < -0.39 is 49.5 Å². The zero-order chi connectivity index (χ0) is 55.8. The largest absolute Gasteiger partial charge is 0.394 e. The van der Waals surface area contributed by atoms with Crippen LogP contribution in [0.25, 0.3) is 0 Å². The van der Waals surface area contributed by atoms with E-state index in [1.165, 1.54) is 231 Å². The van der Waals surface area contributed by atoms with Gasteiger partial charge in [-0.15, -0.1) is 0 Å². The molecular weight excluding hydrogens is 959 g/mol.